The SMILES string of the molecule is CCCCCCCCCCCC[N+]1(CC)CCOCC1. The molecule has 1 fully saturated rings. The van der Waals surface area contributed by atoms with Gasteiger partial charge < -0.3 is 9.22 Å². The van der Waals surface area contributed by atoms with E-state index >= 15 is 0 Å². The van der Waals surface area contributed by atoms with Crippen LogP contribution < -0.4 is 0 Å². The summed E-state index contributed by atoms with van der Waals surface area (Å²) in [6, 6.07) is 0. The van der Waals surface area contributed by atoms with Gasteiger partial charge in [-0.3, -0.25) is 0 Å². The summed E-state index contributed by atoms with van der Waals surface area (Å²) in [7, 11) is 0. The van der Waals surface area contributed by atoms with Crippen LogP contribution in [0.1, 0.15) is 78.1 Å². The van der Waals surface area contributed by atoms with E-state index in [0.29, 0.717) is 0 Å². The molecule has 0 N–H and O–H groups in total. The molecule has 1 aliphatic heterocycles. The number of quaternary nitrogens is 1. The molecule has 0 spiro atoms. The van der Waals surface area contributed by atoms with Gasteiger partial charge in [0.05, 0.1) is 26.3 Å². The summed E-state index contributed by atoms with van der Waals surface area (Å²) < 4.78 is 6.83. The number of nitrogens with zero attached hydrogens (tertiary/aromatic N) is 1. The summed E-state index contributed by atoms with van der Waals surface area (Å²) >= 11 is 0. The second kappa shape index (κ2) is 11.6. The molecule has 0 bridgehead atoms. The minimum atomic E-state index is 0.978. The molecule has 0 aliphatic carbocycles. The number of morpholine rings is 1. The van der Waals surface area contributed by atoms with Crippen LogP contribution in [-0.4, -0.2) is 43.9 Å². The highest BCUT2D eigenvalue weighted by Gasteiger charge is 2.27. The Morgan fingerprint density at radius 3 is 1.70 bits per heavy atom. The predicted octanol–water partition coefficient (Wildman–Crippen LogP) is 4.77. The average Bonchev–Trinajstić information content (AvgIpc) is 2.50. The smallest absolute Gasteiger partial charge is 0.102 e. The normalized spacial score (nSPS) is 18.3. The average molecular weight is 285 g/mol. The van der Waals surface area contributed by atoms with Gasteiger partial charge >= 0.3 is 0 Å². The summed E-state index contributed by atoms with van der Waals surface area (Å²) in [6.45, 7) is 11.8. The maximum atomic E-state index is 5.51. The van der Waals surface area contributed by atoms with Crippen molar-refractivity contribution >= 4 is 0 Å². The van der Waals surface area contributed by atoms with Gasteiger partial charge in [0.2, 0.25) is 0 Å². The molecule has 0 unspecified atom stereocenters. The molecular weight excluding hydrogens is 246 g/mol. The molecule has 2 heteroatoms. The molecule has 0 aromatic heterocycles. The largest absolute Gasteiger partial charge is 0.370 e. The van der Waals surface area contributed by atoms with E-state index in [9.17, 15) is 0 Å². The Morgan fingerprint density at radius 2 is 1.20 bits per heavy atom. The molecule has 0 aromatic rings. The highest BCUT2D eigenvalue weighted by molar-refractivity contribution is 4.52. The van der Waals surface area contributed by atoms with Crippen LogP contribution in [0.25, 0.3) is 0 Å². The Hall–Kier alpha value is -0.0800. The van der Waals surface area contributed by atoms with E-state index < -0.39 is 0 Å². The van der Waals surface area contributed by atoms with E-state index in [-0.39, 0.29) is 0 Å². The highest BCUT2D eigenvalue weighted by atomic mass is 16.5. The van der Waals surface area contributed by atoms with Crippen molar-refractivity contribution < 1.29 is 9.22 Å². The Bertz CT molecular complexity index is 211. The van der Waals surface area contributed by atoms with Crippen LogP contribution in [0.15, 0.2) is 0 Å². The van der Waals surface area contributed by atoms with Gasteiger partial charge in [-0.15, -0.1) is 0 Å². The molecule has 1 rings (SSSR count). The fourth-order valence-electron chi connectivity index (χ4n) is 3.36. The predicted molar refractivity (Wildman–Crippen MR) is 88.1 cm³/mol. The zero-order valence-corrected chi connectivity index (χ0v) is 14.2. The highest BCUT2D eigenvalue weighted by Crippen LogP contribution is 2.15. The second-order valence-electron chi connectivity index (χ2n) is 6.62. The Balaban J connectivity index is 1.91. The number of ether oxygens (including phenoxy) is 1. The molecule has 20 heavy (non-hydrogen) atoms. The molecule has 0 saturated carbocycles. The van der Waals surface area contributed by atoms with E-state index in [1.165, 1.54) is 94.9 Å². The first-order valence-electron chi connectivity index (χ1n) is 9.26. The molecule has 1 aliphatic rings. The fraction of sp³-hybridized carbons (Fsp3) is 1.00. The van der Waals surface area contributed by atoms with Crippen molar-refractivity contribution in [3.05, 3.63) is 0 Å². The van der Waals surface area contributed by atoms with E-state index in [2.05, 4.69) is 13.8 Å². The van der Waals surface area contributed by atoms with Gasteiger partial charge in [-0.05, 0) is 19.8 Å². The number of hydrogen-bond donors (Lipinski definition) is 0. The quantitative estimate of drug-likeness (QED) is 0.370. The fourth-order valence-corrected chi connectivity index (χ4v) is 3.36. The van der Waals surface area contributed by atoms with Gasteiger partial charge in [-0.1, -0.05) is 58.3 Å². The number of likely N-dealkylation sites (N-methyl/N-ethyl adjacent to an activating group) is 1. The third kappa shape index (κ3) is 7.64. The maximum Gasteiger partial charge on any atom is 0.102 e. The monoisotopic (exact) mass is 284 g/mol. The van der Waals surface area contributed by atoms with Gasteiger partial charge in [0, 0.05) is 0 Å². The van der Waals surface area contributed by atoms with Crippen LogP contribution in [0.5, 0.6) is 0 Å². The number of hydrogen-bond acceptors (Lipinski definition) is 1. The zero-order valence-electron chi connectivity index (χ0n) is 14.2. The van der Waals surface area contributed by atoms with Crippen molar-refractivity contribution in [2.45, 2.75) is 78.1 Å². The van der Waals surface area contributed by atoms with Gasteiger partial charge in [-0.25, -0.2) is 0 Å². The maximum absolute atomic E-state index is 5.51. The van der Waals surface area contributed by atoms with Gasteiger partial charge in [0.25, 0.3) is 0 Å². The summed E-state index contributed by atoms with van der Waals surface area (Å²) in [5.74, 6) is 0. The van der Waals surface area contributed by atoms with Crippen LogP contribution in [-0.2, 0) is 4.74 Å². The van der Waals surface area contributed by atoms with E-state index in [1.54, 1.807) is 0 Å². The molecule has 120 valence electrons. The van der Waals surface area contributed by atoms with E-state index in [0.717, 1.165) is 13.2 Å². The summed E-state index contributed by atoms with van der Waals surface area (Å²) in [6.07, 6.45) is 14.4. The lowest BCUT2D eigenvalue weighted by Crippen LogP contribution is -2.55. The van der Waals surface area contributed by atoms with Crippen LogP contribution in [0, 0.1) is 0 Å². The van der Waals surface area contributed by atoms with Crippen molar-refractivity contribution in [1.82, 2.24) is 0 Å². The molecule has 1 saturated heterocycles. The summed E-state index contributed by atoms with van der Waals surface area (Å²) in [5.41, 5.74) is 0. The molecule has 0 aromatic carbocycles. The Kier molecular flexibility index (Phi) is 10.4. The second-order valence-corrected chi connectivity index (χ2v) is 6.62. The molecule has 0 radical (unpaired) electrons. The Morgan fingerprint density at radius 1 is 0.700 bits per heavy atom. The topological polar surface area (TPSA) is 9.23 Å². The van der Waals surface area contributed by atoms with E-state index in [4.69, 9.17) is 4.74 Å². The minimum absolute atomic E-state index is 0.978. The first-order valence-corrected chi connectivity index (χ1v) is 9.26. The third-order valence-corrected chi connectivity index (χ3v) is 5.08. The van der Waals surface area contributed by atoms with Crippen molar-refractivity contribution in [3.63, 3.8) is 0 Å². The lowest BCUT2D eigenvalue weighted by Gasteiger charge is -2.40. The van der Waals surface area contributed by atoms with Crippen molar-refractivity contribution in [2.75, 3.05) is 39.4 Å². The molecule has 2 nitrogen and oxygen atoms in total. The van der Waals surface area contributed by atoms with Crippen LogP contribution in [0.2, 0.25) is 0 Å². The number of rotatable bonds is 12. The number of unbranched alkanes of at least 4 members (excludes halogenated alkanes) is 9. The standard InChI is InChI=1S/C18H38NO/c1-3-5-6-7-8-9-10-11-12-13-14-19(4-2)15-17-20-18-16-19/h3-18H2,1-2H3/q+1. The van der Waals surface area contributed by atoms with Gasteiger partial charge in [0.1, 0.15) is 13.1 Å². The molecule has 1 heterocycles. The van der Waals surface area contributed by atoms with Crippen molar-refractivity contribution in [1.29, 1.82) is 0 Å². The lowest BCUT2D eigenvalue weighted by molar-refractivity contribution is -0.933. The van der Waals surface area contributed by atoms with Crippen LogP contribution in [0.4, 0.5) is 0 Å². The molecular formula is C18H38NO+. The van der Waals surface area contributed by atoms with Crippen LogP contribution in [0.3, 0.4) is 0 Å². The van der Waals surface area contributed by atoms with Crippen LogP contribution >= 0.6 is 0 Å². The molecule has 0 atom stereocenters. The lowest BCUT2D eigenvalue weighted by atomic mass is 10.1. The summed E-state index contributed by atoms with van der Waals surface area (Å²) in [4.78, 5) is 0. The summed E-state index contributed by atoms with van der Waals surface area (Å²) in [5, 5.41) is 0. The Labute approximate surface area is 127 Å². The first-order chi connectivity index (χ1) is 9.83. The minimum Gasteiger partial charge on any atom is -0.370 e. The van der Waals surface area contributed by atoms with Crippen molar-refractivity contribution in [2.24, 2.45) is 0 Å². The molecule has 0 amide bonds. The van der Waals surface area contributed by atoms with Gasteiger partial charge in [-0.2, -0.15) is 0 Å². The van der Waals surface area contributed by atoms with Gasteiger partial charge in [0.15, 0.2) is 0 Å². The third-order valence-electron chi connectivity index (χ3n) is 5.08. The zero-order chi connectivity index (χ0) is 14.5. The first kappa shape index (κ1) is 18.0. The van der Waals surface area contributed by atoms with Crippen molar-refractivity contribution in [3.8, 4) is 0 Å². The van der Waals surface area contributed by atoms with E-state index in [1.807, 2.05) is 0 Å².